The molecule has 1 aliphatic heterocycles. The van der Waals surface area contributed by atoms with Gasteiger partial charge in [-0.2, -0.15) is 5.10 Å². The SMILES string of the molecule is O=C(c1cnn2cc(C3CC3)ccc12)N1CCc2nc[nH]c2C1. The van der Waals surface area contributed by atoms with E-state index in [-0.39, 0.29) is 5.91 Å². The zero-order valence-electron chi connectivity index (χ0n) is 12.7. The van der Waals surface area contributed by atoms with Gasteiger partial charge in [0.15, 0.2) is 0 Å². The van der Waals surface area contributed by atoms with Crippen LogP contribution in [0.1, 0.15) is 46.1 Å². The number of imidazole rings is 1. The van der Waals surface area contributed by atoms with E-state index < -0.39 is 0 Å². The molecule has 1 aliphatic carbocycles. The first-order valence-corrected chi connectivity index (χ1v) is 8.07. The zero-order chi connectivity index (χ0) is 15.4. The summed E-state index contributed by atoms with van der Waals surface area (Å²) in [4.78, 5) is 22.2. The fraction of sp³-hybridized carbons (Fsp3) is 0.353. The molecule has 1 fully saturated rings. The number of fused-ring (bicyclic) bond motifs is 2. The lowest BCUT2D eigenvalue weighted by Crippen LogP contribution is -2.36. The summed E-state index contributed by atoms with van der Waals surface area (Å²) in [5, 5.41) is 4.39. The Hall–Kier alpha value is -2.63. The molecule has 3 aromatic heterocycles. The fourth-order valence-corrected chi connectivity index (χ4v) is 3.38. The van der Waals surface area contributed by atoms with E-state index in [1.165, 1.54) is 18.4 Å². The number of nitrogens with one attached hydrogen (secondary N) is 1. The highest BCUT2D eigenvalue weighted by molar-refractivity contribution is 6.00. The molecule has 2 aliphatic rings. The number of H-pyrrole nitrogens is 1. The average Bonchev–Trinajstić information content (AvgIpc) is 3.18. The largest absolute Gasteiger partial charge is 0.347 e. The molecule has 1 amide bonds. The molecular formula is C17H17N5O. The first-order chi connectivity index (χ1) is 11.3. The number of carbonyl (C=O) groups is 1. The van der Waals surface area contributed by atoms with Gasteiger partial charge in [0.25, 0.3) is 5.91 Å². The summed E-state index contributed by atoms with van der Waals surface area (Å²) in [5.41, 5.74) is 4.99. The molecule has 6 heteroatoms. The Morgan fingerprint density at radius 2 is 2.22 bits per heavy atom. The number of carbonyl (C=O) groups excluding carboxylic acids is 1. The van der Waals surface area contributed by atoms with Crippen LogP contribution in [0.15, 0.2) is 30.9 Å². The molecule has 0 bridgehead atoms. The van der Waals surface area contributed by atoms with Gasteiger partial charge in [-0.3, -0.25) is 4.79 Å². The smallest absolute Gasteiger partial charge is 0.258 e. The van der Waals surface area contributed by atoms with Crippen LogP contribution in [0.2, 0.25) is 0 Å². The molecule has 0 saturated heterocycles. The first-order valence-electron chi connectivity index (χ1n) is 8.07. The van der Waals surface area contributed by atoms with Crippen molar-refractivity contribution in [1.82, 2.24) is 24.5 Å². The van der Waals surface area contributed by atoms with Gasteiger partial charge in [0.05, 0.1) is 41.5 Å². The van der Waals surface area contributed by atoms with Gasteiger partial charge in [0.1, 0.15) is 0 Å². The van der Waals surface area contributed by atoms with Crippen LogP contribution in [-0.4, -0.2) is 36.9 Å². The molecule has 0 radical (unpaired) electrons. The molecule has 0 atom stereocenters. The van der Waals surface area contributed by atoms with E-state index in [2.05, 4.69) is 27.3 Å². The van der Waals surface area contributed by atoms with Crippen LogP contribution in [0.25, 0.3) is 5.52 Å². The van der Waals surface area contributed by atoms with E-state index in [9.17, 15) is 4.79 Å². The Morgan fingerprint density at radius 1 is 1.30 bits per heavy atom. The Morgan fingerprint density at radius 3 is 3.09 bits per heavy atom. The zero-order valence-corrected chi connectivity index (χ0v) is 12.7. The van der Waals surface area contributed by atoms with E-state index in [1.807, 2.05) is 15.5 Å². The van der Waals surface area contributed by atoms with E-state index in [0.29, 0.717) is 24.6 Å². The predicted octanol–water partition coefficient (Wildman–Crippen LogP) is 2.13. The third-order valence-electron chi connectivity index (χ3n) is 4.88. The van der Waals surface area contributed by atoms with Crippen LogP contribution in [0.3, 0.4) is 0 Å². The topological polar surface area (TPSA) is 66.3 Å². The molecule has 0 aromatic carbocycles. The van der Waals surface area contributed by atoms with Crippen molar-refractivity contribution < 1.29 is 4.79 Å². The molecule has 0 unspecified atom stereocenters. The minimum absolute atomic E-state index is 0.0411. The highest BCUT2D eigenvalue weighted by Gasteiger charge is 2.27. The summed E-state index contributed by atoms with van der Waals surface area (Å²) in [6.45, 7) is 1.29. The van der Waals surface area contributed by atoms with E-state index in [0.717, 1.165) is 23.3 Å². The van der Waals surface area contributed by atoms with Crippen LogP contribution in [-0.2, 0) is 13.0 Å². The quantitative estimate of drug-likeness (QED) is 0.789. The Labute approximate surface area is 133 Å². The highest BCUT2D eigenvalue weighted by atomic mass is 16.2. The van der Waals surface area contributed by atoms with Crippen molar-refractivity contribution in [3.63, 3.8) is 0 Å². The third kappa shape index (κ3) is 2.05. The second-order valence-electron chi connectivity index (χ2n) is 6.43. The maximum atomic E-state index is 12.9. The molecule has 6 nitrogen and oxygen atoms in total. The molecule has 0 spiro atoms. The average molecular weight is 307 g/mol. The minimum Gasteiger partial charge on any atom is -0.347 e. The second-order valence-corrected chi connectivity index (χ2v) is 6.43. The van der Waals surface area contributed by atoms with Crippen molar-refractivity contribution in [2.24, 2.45) is 0 Å². The van der Waals surface area contributed by atoms with Crippen molar-refractivity contribution >= 4 is 11.4 Å². The van der Waals surface area contributed by atoms with Crippen molar-refractivity contribution in [2.75, 3.05) is 6.54 Å². The Bertz CT molecular complexity index is 905. The van der Waals surface area contributed by atoms with E-state index in [4.69, 9.17) is 0 Å². The summed E-state index contributed by atoms with van der Waals surface area (Å²) in [6, 6.07) is 4.16. The van der Waals surface area contributed by atoms with Gasteiger partial charge >= 0.3 is 0 Å². The normalized spacial score (nSPS) is 17.5. The van der Waals surface area contributed by atoms with Crippen LogP contribution in [0.4, 0.5) is 0 Å². The summed E-state index contributed by atoms with van der Waals surface area (Å²) >= 11 is 0. The lowest BCUT2D eigenvalue weighted by Gasteiger charge is -2.25. The summed E-state index contributed by atoms with van der Waals surface area (Å²) in [5.74, 6) is 0.725. The number of rotatable bonds is 2. The monoisotopic (exact) mass is 307 g/mol. The van der Waals surface area contributed by atoms with Crippen LogP contribution in [0, 0.1) is 0 Å². The molecule has 1 N–H and O–H groups in total. The first kappa shape index (κ1) is 12.9. The Kier molecular flexibility index (Phi) is 2.62. The maximum Gasteiger partial charge on any atom is 0.258 e. The number of pyridine rings is 1. The molecule has 5 rings (SSSR count). The molecule has 1 saturated carbocycles. The maximum absolute atomic E-state index is 12.9. The van der Waals surface area contributed by atoms with Gasteiger partial charge < -0.3 is 9.88 Å². The summed E-state index contributed by atoms with van der Waals surface area (Å²) in [7, 11) is 0. The van der Waals surface area contributed by atoms with Crippen LogP contribution < -0.4 is 0 Å². The van der Waals surface area contributed by atoms with E-state index in [1.54, 1.807) is 12.5 Å². The lowest BCUT2D eigenvalue weighted by atomic mass is 10.1. The van der Waals surface area contributed by atoms with Gasteiger partial charge in [-0.1, -0.05) is 6.07 Å². The van der Waals surface area contributed by atoms with Crippen LogP contribution >= 0.6 is 0 Å². The lowest BCUT2D eigenvalue weighted by molar-refractivity contribution is 0.0734. The molecule has 4 heterocycles. The van der Waals surface area contributed by atoms with Crippen molar-refractivity contribution in [1.29, 1.82) is 0 Å². The van der Waals surface area contributed by atoms with Crippen molar-refractivity contribution in [3.05, 3.63) is 53.4 Å². The number of hydrogen-bond donors (Lipinski definition) is 1. The fourth-order valence-electron chi connectivity index (χ4n) is 3.38. The van der Waals surface area contributed by atoms with Gasteiger partial charge in [0, 0.05) is 19.2 Å². The second kappa shape index (κ2) is 4.68. The number of hydrogen-bond acceptors (Lipinski definition) is 3. The van der Waals surface area contributed by atoms with E-state index >= 15 is 0 Å². The van der Waals surface area contributed by atoms with Gasteiger partial charge in [-0.25, -0.2) is 9.50 Å². The molecular weight excluding hydrogens is 290 g/mol. The number of aromatic amines is 1. The van der Waals surface area contributed by atoms with Crippen molar-refractivity contribution in [2.45, 2.75) is 31.7 Å². The number of aromatic nitrogens is 4. The number of amides is 1. The number of nitrogens with zero attached hydrogens (tertiary/aromatic N) is 4. The minimum atomic E-state index is 0.0411. The predicted molar refractivity (Wildman–Crippen MR) is 84.2 cm³/mol. The van der Waals surface area contributed by atoms with Gasteiger partial charge in [0.2, 0.25) is 0 Å². The Balaban J connectivity index is 1.47. The molecule has 3 aromatic rings. The molecule has 116 valence electrons. The highest BCUT2D eigenvalue weighted by Crippen LogP contribution is 2.40. The third-order valence-corrected chi connectivity index (χ3v) is 4.88. The van der Waals surface area contributed by atoms with Crippen molar-refractivity contribution in [3.8, 4) is 0 Å². The standard InChI is InChI=1S/C17H17N5O/c23-17(21-6-5-14-15(9-21)19-10-18-14)13-7-20-22-8-12(11-1-2-11)3-4-16(13)22/h3-4,7-8,10-11H,1-2,5-6,9H2,(H,18,19). The van der Waals surface area contributed by atoms with Gasteiger partial charge in [-0.15, -0.1) is 0 Å². The van der Waals surface area contributed by atoms with Crippen LogP contribution in [0.5, 0.6) is 0 Å². The molecule has 23 heavy (non-hydrogen) atoms. The van der Waals surface area contributed by atoms with Gasteiger partial charge in [-0.05, 0) is 30.4 Å². The summed E-state index contributed by atoms with van der Waals surface area (Å²) in [6.07, 6.45) is 8.78. The summed E-state index contributed by atoms with van der Waals surface area (Å²) < 4.78 is 1.84.